The smallest absolute Gasteiger partial charge is 0.226 e. The molecule has 0 radical (unpaired) electrons. The van der Waals surface area contributed by atoms with E-state index in [1.54, 1.807) is 0 Å². The van der Waals surface area contributed by atoms with Gasteiger partial charge < -0.3 is 4.90 Å². The Morgan fingerprint density at radius 3 is 2.33 bits per heavy atom. The van der Waals surface area contributed by atoms with Crippen molar-refractivity contribution in [2.24, 2.45) is 0 Å². The number of hydrogen-bond donors (Lipinski definition) is 0. The van der Waals surface area contributed by atoms with E-state index in [1.807, 2.05) is 24.0 Å². The van der Waals surface area contributed by atoms with E-state index in [0.29, 0.717) is 12.5 Å². The second-order valence-electron chi connectivity index (χ2n) is 4.61. The zero-order valence-corrected chi connectivity index (χ0v) is 12.1. The average molecular weight is 247 g/mol. The third-order valence-corrected chi connectivity index (χ3v) is 3.48. The van der Waals surface area contributed by atoms with Crippen LogP contribution < -0.4 is 4.90 Å². The first-order valence-corrected chi connectivity index (χ1v) is 7.08. The maximum atomic E-state index is 12.2. The normalized spacial score (nSPS) is 10.7. The molecular weight excluding hydrogens is 222 g/mol. The number of carbonyl (C=O) groups is 1. The van der Waals surface area contributed by atoms with Crippen LogP contribution in [0.25, 0.3) is 0 Å². The van der Waals surface area contributed by atoms with E-state index in [4.69, 9.17) is 0 Å². The van der Waals surface area contributed by atoms with E-state index in [1.165, 1.54) is 5.56 Å². The molecule has 0 aliphatic carbocycles. The zero-order chi connectivity index (χ0) is 13.5. The Balaban J connectivity index is 3.11. The number of rotatable bonds is 6. The Morgan fingerprint density at radius 1 is 1.17 bits per heavy atom. The van der Waals surface area contributed by atoms with Crippen LogP contribution in [0.4, 0.5) is 5.69 Å². The highest BCUT2D eigenvalue weighted by Gasteiger charge is 2.21. The summed E-state index contributed by atoms with van der Waals surface area (Å²) >= 11 is 0. The lowest BCUT2D eigenvalue weighted by atomic mass is 10.1. The van der Waals surface area contributed by atoms with Crippen LogP contribution in [0.15, 0.2) is 24.3 Å². The van der Waals surface area contributed by atoms with Gasteiger partial charge in [-0.05, 0) is 37.0 Å². The number of nitrogens with zero attached hydrogens (tertiary/aromatic N) is 1. The van der Waals surface area contributed by atoms with E-state index in [2.05, 4.69) is 32.9 Å². The van der Waals surface area contributed by atoms with Gasteiger partial charge >= 0.3 is 0 Å². The van der Waals surface area contributed by atoms with Gasteiger partial charge in [0.2, 0.25) is 5.91 Å². The van der Waals surface area contributed by atoms with Gasteiger partial charge in [0.05, 0.1) is 0 Å². The van der Waals surface area contributed by atoms with E-state index >= 15 is 0 Å². The van der Waals surface area contributed by atoms with Gasteiger partial charge in [0.1, 0.15) is 0 Å². The lowest BCUT2D eigenvalue weighted by molar-refractivity contribution is -0.118. The molecule has 0 aromatic heterocycles. The molecule has 0 heterocycles. The Hall–Kier alpha value is -1.31. The van der Waals surface area contributed by atoms with Crippen LogP contribution in [-0.4, -0.2) is 11.9 Å². The molecule has 0 atom stereocenters. The van der Waals surface area contributed by atoms with E-state index < -0.39 is 0 Å². The lowest BCUT2D eigenvalue weighted by Gasteiger charge is -2.30. The number of amides is 1. The first-order chi connectivity index (χ1) is 8.67. The molecule has 0 fully saturated rings. The van der Waals surface area contributed by atoms with E-state index in [0.717, 1.165) is 24.9 Å². The third kappa shape index (κ3) is 3.34. The van der Waals surface area contributed by atoms with Crippen molar-refractivity contribution < 1.29 is 4.79 Å². The largest absolute Gasteiger partial charge is 0.309 e. The topological polar surface area (TPSA) is 20.3 Å². The van der Waals surface area contributed by atoms with E-state index in [-0.39, 0.29) is 5.91 Å². The van der Waals surface area contributed by atoms with Crippen LogP contribution in [-0.2, 0) is 11.2 Å². The van der Waals surface area contributed by atoms with Crippen LogP contribution in [0.1, 0.15) is 52.5 Å². The second kappa shape index (κ2) is 7.20. The Morgan fingerprint density at radius 2 is 1.83 bits per heavy atom. The molecule has 1 aromatic rings. The van der Waals surface area contributed by atoms with Crippen LogP contribution >= 0.6 is 0 Å². The summed E-state index contributed by atoms with van der Waals surface area (Å²) in [4.78, 5) is 14.2. The van der Waals surface area contributed by atoms with Crippen molar-refractivity contribution in [3.63, 3.8) is 0 Å². The number of anilines is 1. The van der Waals surface area contributed by atoms with Gasteiger partial charge in [0, 0.05) is 18.2 Å². The number of aryl methyl sites for hydroxylation is 1. The standard InChI is InChI=1S/C16H25NO/c1-5-13-10-9-11-15(12-13)17(16(18)8-4)14(6-2)7-3/h9-12,14H,5-8H2,1-4H3. The molecule has 1 rings (SSSR count). The zero-order valence-electron chi connectivity index (χ0n) is 12.1. The molecule has 0 N–H and O–H groups in total. The van der Waals surface area contributed by atoms with Crippen LogP contribution in [0, 0.1) is 0 Å². The molecule has 0 unspecified atom stereocenters. The first kappa shape index (κ1) is 14.7. The van der Waals surface area contributed by atoms with Gasteiger partial charge in [-0.25, -0.2) is 0 Å². The van der Waals surface area contributed by atoms with Gasteiger partial charge in [-0.1, -0.05) is 39.8 Å². The molecule has 18 heavy (non-hydrogen) atoms. The minimum atomic E-state index is 0.219. The molecule has 0 saturated carbocycles. The van der Waals surface area contributed by atoms with Crippen molar-refractivity contribution in [3.05, 3.63) is 29.8 Å². The summed E-state index contributed by atoms with van der Waals surface area (Å²) in [7, 11) is 0. The average Bonchev–Trinajstić information content (AvgIpc) is 2.43. The molecule has 0 spiro atoms. The van der Waals surface area contributed by atoms with Crippen LogP contribution in [0.3, 0.4) is 0 Å². The highest BCUT2D eigenvalue weighted by Crippen LogP contribution is 2.23. The third-order valence-electron chi connectivity index (χ3n) is 3.48. The highest BCUT2D eigenvalue weighted by atomic mass is 16.2. The van der Waals surface area contributed by atoms with Crippen molar-refractivity contribution in [2.45, 2.75) is 59.4 Å². The molecule has 0 bridgehead atoms. The molecule has 0 aliphatic rings. The Labute approximate surface area is 111 Å². The quantitative estimate of drug-likeness (QED) is 0.738. The van der Waals surface area contributed by atoms with Gasteiger partial charge in [-0.3, -0.25) is 4.79 Å². The Kier molecular flexibility index (Phi) is 5.90. The van der Waals surface area contributed by atoms with Gasteiger partial charge in [0.15, 0.2) is 0 Å². The lowest BCUT2D eigenvalue weighted by Crippen LogP contribution is -2.39. The fourth-order valence-corrected chi connectivity index (χ4v) is 2.31. The predicted molar refractivity (Wildman–Crippen MR) is 78.0 cm³/mol. The van der Waals surface area contributed by atoms with Gasteiger partial charge in [-0.2, -0.15) is 0 Å². The molecule has 0 saturated heterocycles. The van der Waals surface area contributed by atoms with Crippen molar-refractivity contribution in [1.82, 2.24) is 0 Å². The summed E-state index contributed by atoms with van der Waals surface area (Å²) in [6.45, 7) is 8.37. The highest BCUT2D eigenvalue weighted by molar-refractivity contribution is 5.93. The monoisotopic (exact) mass is 247 g/mol. The molecule has 0 aliphatic heterocycles. The first-order valence-electron chi connectivity index (χ1n) is 7.08. The van der Waals surface area contributed by atoms with Crippen LogP contribution in [0.5, 0.6) is 0 Å². The molecule has 1 amide bonds. The summed E-state index contributed by atoms with van der Waals surface area (Å²) < 4.78 is 0. The van der Waals surface area contributed by atoms with Gasteiger partial charge in [-0.15, -0.1) is 0 Å². The molecule has 2 nitrogen and oxygen atoms in total. The molecular formula is C16H25NO. The second-order valence-corrected chi connectivity index (χ2v) is 4.61. The molecule has 1 aromatic carbocycles. The minimum absolute atomic E-state index is 0.219. The minimum Gasteiger partial charge on any atom is -0.309 e. The number of carbonyl (C=O) groups excluding carboxylic acids is 1. The van der Waals surface area contributed by atoms with Crippen LogP contribution in [0.2, 0.25) is 0 Å². The fourth-order valence-electron chi connectivity index (χ4n) is 2.31. The SMILES string of the molecule is CCC(=O)N(c1cccc(CC)c1)C(CC)CC. The summed E-state index contributed by atoms with van der Waals surface area (Å²) in [5, 5.41) is 0. The number of hydrogen-bond acceptors (Lipinski definition) is 1. The summed E-state index contributed by atoms with van der Waals surface area (Å²) in [6, 6.07) is 8.67. The van der Waals surface area contributed by atoms with E-state index in [9.17, 15) is 4.79 Å². The van der Waals surface area contributed by atoms with Crippen molar-refractivity contribution >= 4 is 11.6 Å². The Bertz CT molecular complexity index is 382. The molecule has 2 heteroatoms. The van der Waals surface area contributed by atoms with Crippen molar-refractivity contribution in [3.8, 4) is 0 Å². The summed E-state index contributed by atoms with van der Waals surface area (Å²) in [6.07, 6.45) is 3.56. The van der Waals surface area contributed by atoms with Gasteiger partial charge in [0.25, 0.3) is 0 Å². The summed E-state index contributed by atoms with van der Waals surface area (Å²) in [5.41, 5.74) is 2.34. The maximum absolute atomic E-state index is 12.2. The molecule has 100 valence electrons. The van der Waals surface area contributed by atoms with Crippen molar-refractivity contribution in [2.75, 3.05) is 4.90 Å². The van der Waals surface area contributed by atoms with Crippen molar-refractivity contribution in [1.29, 1.82) is 0 Å². The fraction of sp³-hybridized carbons (Fsp3) is 0.562. The predicted octanol–water partition coefficient (Wildman–Crippen LogP) is 4.18. The summed E-state index contributed by atoms with van der Waals surface area (Å²) in [5.74, 6) is 0.219. The number of benzene rings is 1. The maximum Gasteiger partial charge on any atom is 0.226 e.